The molecular weight excluding hydrogens is 164 g/mol. The zero-order valence-corrected chi connectivity index (χ0v) is 6.78. The molecule has 0 radical (unpaired) electrons. The maximum Gasteiger partial charge on any atom is 0.0687 e. The summed E-state index contributed by atoms with van der Waals surface area (Å²) in [6.07, 6.45) is 2.01. The van der Waals surface area contributed by atoms with Crippen LogP contribution >= 0.6 is 23.3 Å². The van der Waals surface area contributed by atoms with Crippen LogP contribution in [0.2, 0.25) is 0 Å². The first-order valence-corrected chi connectivity index (χ1v) is 4.68. The molecule has 2 rings (SSSR count). The van der Waals surface area contributed by atoms with E-state index in [1.165, 1.54) is 5.69 Å². The SMILES string of the molecule is C1=CN(c2ccsc2)NS1. The predicted molar refractivity (Wildman–Crippen MR) is 46.7 cm³/mol. The minimum atomic E-state index is 1.20. The van der Waals surface area contributed by atoms with E-state index < -0.39 is 0 Å². The van der Waals surface area contributed by atoms with E-state index in [1.54, 1.807) is 23.3 Å². The van der Waals surface area contributed by atoms with Crippen LogP contribution in [-0.4, -0.2) is 0 Å². The highest BCUT2D eigenvalue weighted by Gasteiger charge is 2.05. The quantitative estimate of drug-likeness (QED) is 0.650. The molecule has 0 amide bonds. The van der Waals surface area contributed by atoms with Crippen LogP contribution in [0.15, 0.2) is 28.4 Å². The number of hydrogen-bond donors (Lipinski definition) is 1. The van der Waals surface area contributed by atoms with Crippen molar-refractivity contribution in [3.8, 4) is 0 Å². The van der Waals surface area contributed by atoms with Gasteiger partial charge in [0, 0.05) is 17.0 Å². The second-order valence-electron chi connectivity index (χ2n) is 1.85. The summed E-state index contributed by atoms with van der Waals surface area (Å²) in [5.74, 6) is 0. The first-order chi connectivity index (χ1) is 4.97. The van der Waals surface area contributed by atoms with E-state index in [9.17, 15) is 0 Å². The van der Waals surface area contributed by atoms with Crippen molar-refractivity contribution in [3.05, 3.63) is 28.4 Å². The summed E-state index contributed by atoms with van der Waals surface area (Å²) in [6, 6.07) is 2.08. The Kier molecular flexibility index (Phi) is 1.66. The molecule has 0 aromatic carbocycles. The summed E-state index contributed by atoms with van der Waals surface area (Å²) in [5.41, 5.74) is 1.20. The van der Waals surface area contributed by atoms with E-state index in [0.29, 0.717) is 0 Å². The van der Waals surface area contributed by atoms with Gasteiger partial charge in [-0.05, 0) is 23.4 Å². The van der Waals surface area contributed by atoms with Gasteiger partial charge in [0.2, 0.25) is 0 Å². The second kappa shape index (κ2) is 2.65. The zero-order valence-electron chi connectivity index (χ0n) is 5.15. The van der Waals surface area contributed by atoms with E-state index in [2.05, 4.69) is 21.7 Å². The third-order valence-corrected chi connectivity index (χ3v) is 2.44. The maximum atomic E-state index is 3.10. The molecular formula is C6H6N2S2. The zero-order chi connectivity index (χ0) is 6.81. The van der Waals surface area contributed by atoms with Crippen molar-refractivity contribution in [1.29, 1.82) is 0 Å². The average Bonchev–Trinajstić information content (AvgIpc) is 2.59. The van der Waals surface area contributed by atoms with Crippen LogP contribution in [-0.2, 0) is 0 Å². The van der Waals surface area contributed by atoms with Crippen LogP contribution in [0.1, 0.15) is 0 Å². The Balaban J connectivity index is 2.20. The molecule has 0 saturated heterocycles. The fourth-order valence-electron chi connectivity index (χ4n) is 0.742. The topological polar surface area (TPSA) is 15.3 Å². The standard InChI is InChI=1S/C6H6N2S2/c1-3-9-5-6(1)8-2-4-10-7-8/h1-5,7H. The van der Waals surface area contributed by atoms with Crippen molar-refractivity contribution >= 4 is 29.0 Å². The van der Waals surface area contributed by atoms with Gasteiger partial charge in [-0.3, -0.25) is 5.01 Å². The van der Waals surface area contributed by atoms with Crippen molar-refractivity contribution < 1.29 is 0 Å². The highest BCUT2D eigenvalue weighted by atomic mass is 32.2. The van der Waals surface area contributed by atoms with Crippen molar-refractivity contribution in [2.75, 3.05) is 5.01 Å². The molecule has 1 N–H and O–H groups in total. The Morgan fingerprint density at radius 3 is 3.10 bits per heavy atom. The number of nitrogens with one attached hydrogen (secondary N) is 1. The third kappa shape index (κ3) is 1.05. The van der Waals surface area contributed by atoms with Gasteiger partial charge < -0.3 is 0 Å². The van der Waals surface area contributed by atoms with Gasteiger partial charge >= 0.3 is 0 Å². The lowest BCUT2D eigenvalue weighted by Crippen LogP contribution is -2.21. The third-order valence-electron chi connectivity index (χ3n) is 1.21. The second-order valence-corrected chi connectivity index (χ2v) is 3.32. The van der Waals surface area contributed by atoms with Crippen LogP contribution in [0.5, 0.6) is 0 Å². The molecule has 4 heteroatoms. The minimum absolute atomic E-state index is 1.20. The summed E-state index contributed by atoms with van der Waals surface area (Å²) in [6.45, 7) is 0. The Hall–Kier alpha value is -0.450. The first-order valence-electron chi connectivity index (χ1n) is 2.86. The molecule has 1 aliphatic rings. The maximum absolute atomic E-state index is 3.10. The molecule has 0 atom stereocenters. The van der Waals surface area contributed by atoms with Gasteiger partial charge in [-0.1, -0.05) is 0 Å². The number of thiophene rings is 1. The van der Waals surface area contributed by atoms with E-state index in [4.69, 9.17) is 0 Å². The fraction of sp³-hybridized carbons (Fsp3) is 0. The summed E-state index contributed by atoms with van der Waals surface area (Å²) in [5, 5.41) is 8.16. The lowest BCUT2D eigenvalue weighted by molar-refractivity contribution is 1.01. The number of hydrogen-bond acceptors (Lipinski definition) is 4. The highest BCUT2D eigenvalue weighted by Crippen LogP contribution is 2.21. The summed E-state index contributed by atoms with van der Waals surface area (Å²) in [7, 11) is 0. The lowest BCUT2D eigenvalue weighted by Gasteiger charge is -2.11. The van der Waals surface area contributed by atoms with Crippen LogP contribution < -0.4 is 9.84 Å². The van der Waals surface area contributed by atoms with E-state index in [0.717, 1.165) is 0 Å². The molecule has 0 saturated carbocycles. The first kappa shape index (κ1) is 6.27. The summed E-state index contributed by atoms with van der Waals surface area (Å²) in [4.78, 5) is 3.10. The molecule has 1 aliphatic heterocycles. The summed E-state index contributed by atoms with van der Waals surface area (Å²) < 4.78 is 0. The van der Waals surface area contributed by atoms with Crippen molar-refractivity contribution in [2.24, 2.45) is 0 Å². The fourth-order valence-corrected chi connectivity index (χ4v) is 1.89. The molecule has 0 bridgehead atoms. The smallest absolute Gasteiger partial charge is 0.0687 e. The van der Waals surface area contributed by atoms with Gasteiger partial charge in [0.1, 0.15) is 0 Å². The summed E-state index contributed by atoms with van der Waals surface area (Å²) >= 11 is 3.28. The molecule has 2 heterocycles. The largest absolute Gasteiger partial charge is 0.273 e. The molecule has 2 nitrogen and oxygen atoms in total. The predicted octanol–water partition coefficient (Wildman–Crippen LogP) is 2.19. The molecule has 0 fully saturated rings. The normalized spacial score (nSPS) is 16.6. The van der Waals surface area contributed by atoms with Gasteiger partial charge in [0.25, 0.3) is 0 Å². The molecule has 1 aromatic rings. The van der Waals surface area contributed by atoms with Gasteiger partial charge in [-0.2, -0.15) is 16.2 Å². The van der Waals surface area contributed by atoms with Gasteiger partial charge in [0.15, 0.2) is 0 Å². The van der Waals surface area contributed by atoms with Gasteiger partial charge in [0.05, 0.1) is 5.69 Å². The van der Waals surface area contributed by atoms with Crippen molar-refractivity contribution in [1.82, 2.24) is 4.83 Å². The number of rotatable bonds is 1. The Labute approximate surface area is 67.6 Å². The van der Waals surface area contributed by atoms with Gasteiger partial charge in [-0.15, -0.1) is 0 Å². The number of nitrogens with zero attached hydrogens (tertiary/aromatic N) is 1. The van der Waals surface area contributed by atoms with Crippen LogP contribution in [0.25, 0.3) is 0 Å². The molecule has 1 aromatic heterocycles. The van der Waals surface area contributed by atoms with Crippen molar-refractivity contribution in [3.63, 3.8) is 0 Å². The van der Waals surface area contributed by atoms with E-state index in [-0.39, 0.29) is 0 Å². The molecule has 0 spiro atoms. The van der Waals surface area contributed by atoms with Crippen molar-refractivity contribution in [2.45, 2.75) is 0 Å². The van der Waals surface area contributed by atoms with Crippen LogP contribution in [0.3, 0.4) is 0 Å². The number of hydrazine groups is 1. The highest BCUT2D eigenvalue weighted by molar-refractivity contribution is 8.00. The minimum Gasteiger partial charge on any atom is -0.273 e. The molecule has 0 aliphatic carbocycles. The van der Waals surface area contributed by atoms with Crippen LogP contribution in [0.4, 0.5) is 5.69 Å². The Bertz CT molecular complexity index is 230. The Morgan fingerprint density at radius 2 is 2.50 bits per heavy atom. The van der Waals surface area contributed by atoms with E-state index in [1.807, 2.05) is 16.6 Å². The van der Waals surface area contributed by atoms with Gasteiger partial charge in [-0.25, -0.2) is 0 Å². The van der Waals surface area contributed by atoms with E-state index >= 15 is 0 Å². The molecule has 0 unspecified atom stereocenters. The molecule has 10 heavy (non-hydrogen) atoms. The lowest BCUT2D eigenvalue weighted by atomic mass is 10.5. The Morgan fingerprint density at radius 1 is 1.50 bits per heavy atom. The average molecular weight is 170 g/mol. The monoisotopic (exact) mass is 170 g/mol. The van der Waals surface area contributed by atoms with Crippen LogP contribution in [0, 0.1) is 0 Å². The number of anilines is 1. The molecule has 52 valence electrons.